The summed E-state index contributed by atoms with van der Waals surface area (Å²) >= 11 is 0. The molecule has 0 spiro atoms. The van der Waals surface area contributed by atoms with Crippen molar-refractivity contribution in [3.63, 3.8) is 0 Å². The van der Waals surface area contributed by atoms with Crippen molar-refractivity contribution in [3.05, 3.63) is 23.8 Å². The highest BCUT2D eigenvalue weighted by Gasteiger charge is 2.55. The Kier molecular flexibility index (Phi) is 8.50. The molecule has 37 heavy (non-hydrogen) atoms. The first-order chi connectivity index (χ1) is 17.5. The van der Waals surface area contributed by atoms with Gasteiger partial charge in [-0.25, -0.2) is 4.79 Å². The van der Waals surface area contributed by atoms with Crippen molar-refractivity contribution in [3.8, 4) is 0 Å². The topological polar surface area (TPSA) is 132 Å². The first-order valence-corrected chi connectivity index (χ1v) is 13.4. The number of hydrogen-bond donors (Lipinski definition) is 3. The Labute approximate surface area is 218 Å². The van der Waals surface area contributed by atoms with Gasteiger partial charge in [-0.15, -0.1) is 0 Å². The predicted octanol–water partition coefficient (Wildman–Crippen LogP) is 2.42. The van der Waals surface area contributed by atoms with Gasteiger partial charge in [0.1, 0.15) is 37.6 Å². The molecule has 0 aromatic rings. The number of ether oxygens (including phenoxy) is 4. The second-order valence-corrected chi connectivity index (χ2v) is 11.8. The van der Waals surface area contributed by atoms with Crippen LogP contribution in [-0.4, -0.2) is 77.8 Å². The molecule has 2 aliphatic heterocycles. The highest BCUT2D eigenvalue weighted by atomic mass is 16.7. The number of cyclic esters (lactones) is 1. The molecule has 2 aliphatic carbocycles. The van der Waals surface area contributed by atoms with Crippen LogP contribution >= 0.6 is 0 Å². The van der Waals surface area contributed by atoms with Crippen LogP contribution in [-0.2, 0) is 28.5 Å². The van der Waals surface area contributed by atoms with Crippen molar-refractivity contribution in [1.29, 1.82) is 0 Å². The lowest BCUT2D eigenvalue weighted by molar-refractivity contribution is -0.310. The van der Waals surface area contributed by atoms with Crippen LogP contribution in [0.15, 0.2) is 23.8 Å². The first kappa shape index (κ1) is 28.2. The molecule has 2 saturated carbocycles. The standard InChI is InChI=1S/C28H42O9/c1-16-6-9-21-27(3,11-5-12-28(21,4)19(16)8-7-18-10-13-34-25(18)33)15-36-26-24(32)23(31)22(30)20(37-26)14-35-17(2)29/h10,19-24,26,30-32H,1,5-9,11-15H2,2-4H3/t19-,20-,21-,22-,23+,24-,26-,27+,28+/m1/s1. The van der Waals surface area contributed by atoms with E-state index in [2.05, 4.69) is 20.4 Å². The van der Waals surface area contributed by atoms with Crippen molar-refractivity contribution in [1.82, 2.24) is 0 Å². The van der Waals surface area contributed by atoms with Gasteiger partial charge in [0.2, 0.25) is 0 Å². The third kappa shape index (κ3) is 5.66. The van der Waals surface area contributed by atoms with Gasteiger partial charge in [0.25, 0.3) is 0 Å². The lowest BCUT2D eigenvalue weighted by Crippen LogP contribution is -2.60. The van der Waals surface area contributed by atoms with Crippen LogP contribution in [0.4, 0.5) is 0 Å². The summed E-state index contributed by atoms with van der Waals surface area (Å²) in [6.45, 7) is 10.7. The Bertz CT molecular complexity index is 915. The fraction of sp³-hybridized carbons (Fsp3) is 0.786. The highest BCUT2D eigenvalue weighted by molar-refractivity contribution is 5.90. The van der Waals surface area contributed by atoms with Gasteiger partial charge in [-0.1, -0.05) is 32.4 Å². The molecule has 0 amide bonds. The lowest BCUT2D eigenvalue weighted by atomic mass is 9.47. The van der Waals surface area contributed by atoms with E-state index in [4.69, 9.17) is 18.9 Å². The molecular weight excluding hydrogens is 480 g/mol. The van der Waals surface area contributed by atoms with Crippen LogP contribution in [0.3, 0.4) is 0 Å². The number of allylic oxidation sites excluding steroid dienone is 1. The van der Waals surface area contributed by atoms with E-state index in [1.54, 1.807) is 0 Å². The summed E-state index contributed by atoms with van der Waals surface area (Å²) in [5.74, 6) is -0.128. The van der Waals surface area contributed by atoms with Gasteiger partial charge >= 0.3 is 11.9 Å². The zero-order valence-corrected chi connectivity index (χ0v) is 22.2. The van der Waals surface area contributed by atoms with Crippen molar-refractivity contribution in [2.45, 2.75) is 96.4 Å². The third-order valence-corrected chi connectivity index (χ3v) is 9.35. The SMILES string of the molecule is C=C1CC[C@@H]2[C@](C)(CO[C@@H]3O[C@H](COC(C)=O)[C@@H](O)[C@H](O)[C@H]3O)CCC[C@@]2(C)[C@@H]1CCC1=CCOC1=O. The van der Waals surface area contributed by atoms with Crippen LogP contribution in [0.2, 0.25) is 0 Å². The van der Waals surface area contributed by atoms with Crippen LogP contribution in [0.1, 0.15) is 65.7 Å². The molecule has 0 radical (unpaired) electrons. The van der Waals surface area contributed by atoms with E-state index in [-0.39, 0.29) is 29.3 Å². The summed E-state index contributed by atoms with van der Waals surface area (Å²) in [4.78, 5) is 23.2. The van der Waals surface area contributed by atoms with Crippen molar-refractivity contribution < 1.29 is 43.9 Å². The summed E-state index contributed by atoms with van der Waals surface area (Å²) in [5, 5.41) is 31.2. The predicted molar refractivity (Wildman–Crippen MR) is 133 cm³/mol. The molecule has 9 heteroatoms. The number of hydrogen-bond acceptors (Lipinski definition) is 9. The maximum Gasteiger partial charge on any atom is 0.334 e. The highest BCUT2D eigenvalue weighted by Crippen LogP contribution is 2.62. The zero-order valence-electron chi connectivity index (χ0n) is 22.2. The van der Waals surface area contributed by atoms with Crippen molar-refractivity contribution >= 4 is 11.9 Å². The van der Waals surface area contributed by atoms with Crippen LogP contribution in [0, 0.1) is 22.7 Å². The maximum atomic E-state index is 12.0. The number of aliphatic hydroxyl groups is 3. The van der Waals surface area contributed by atoms with E-state index < -0.39 is 36.7 Å². The number of rotatable bonds is 8. The maximum absolute atomic E-state index is 12.0. The fourth-order valence-electron chi connectivity index (χ4n) is 7.35. The number of carbonyl (C=O) groups excluding carboxylic acids is 2. The largest absolute Gasteiger partial charge is 0.463 e. The van der Waals surface area contributed by atoms with E-state index in [1.165, 1.54) is 12.5 Å². The fourth-order valence-corrected chi connectivity index (χ4v) is 7.35. The summed E-state index contributed by atoms with van der Waals surface area (Å²) < 4.78 is 21.9. The average Bonchev–Trinajstić information content (AvgIpc) is 3.25. The molecule has 4 aliphatic rings. The minimum Gasteiger partial charge on any atom is -0.463 e. The molecule has 9 atom stereocenters. The molecule has 0 bridgehead atoms. The number of fused-ring (bicyclic) bond motifs is 1. The van der Waals surface area contributed by atoms with Crippen LogP contribution in [0.5, 0.6) is 0 Å². The molecule has 4 rings (SSSR count). The Balaban J connectivity index is 1.45. The van der Waals surface area contributed by atoms with Crippen LogP contribution in [0.25, 0.3) is 0 Å². The molecule has 1 saturated heterocycles. The van der Waals surface area contributed by atoms with Gasteiger partial charge in [-0.05, 0) is 67.3 Å². The molecule has 0 unspecified atom stereocenters. The third-order valence-electron chi connectivity index (χ3n) is 9.35. The summed E-state index contributed by atoms with van der Waals surface area (Å²) in [7, 11) is 0. The van der Waals surface area contributed by atoms with Gasteiger partial charge in [-0.3, -0.25) is 4.79 Å². The number of aliphatic hydroxyl groups excluding tert-OH is 3. The van der Waals surface area contributed by atoms with E-state index >= 15 is 0 Å². The lowest BCUT2D eigenvalue weighted by Gasteiger charge is -2.59. The van der Waals surface area contributed by atoms with E-state index in [9.17, 15) is 24.9 Å². The van der Waals surface area contributed by atoms with Gasteiger partial charge in [0, 0.05) is 12.5 Å². The summed E-state index contributed by atoms with van der Waals surface area (Å²) in [6, 6.07) is 0. The second kappa shape index (κ2) is 11.1. The zero-order chi connectivity index (χ0) is 27.0. The molecular formula is C28H42O9. The summed E-state index contributed by atoms with van der Waals surface area (Å²) in [6.07, 6.45) is 1.89. The van der Waals surface area contributed by atoms with Gasteiger partial charge in [-0.2, -0.15) is 0 Å². The minimum atomic E-state index is -1.48. The van der Waals surface area contributed by atoms with E-state index in [0.29, 0.717) is 25.6 Å². The minimum absolute atomic E-state index is 0.00558. The molecule has 0 aromatic carbocycles. The average molecular weight is 523 g/mol. The van der Waals surface area contributed by atoms with E-state index in [0.717, 1.165) is 44.1 Å². The Morgan fingerprint density at radius 1 is 1.19 bits per heavy atom. The van der Waals surface area contributed by atoms with Crippen LogP contribution < -0.4 is 0 Å². The Morgan fingerprint density at radius 2 is 1.95 bits per heavy atom. The number of esters is 2. The van der Waals surface area contributed by atoms with Gasteiger partial charge in [0.05, 0.1) is 6.61 Å². The molecule has 3 fully saturated rings. The smallest absolute Gasteiger partial charge is 0.334 e. The first-order valence-electron chi connectivity index (χ1n) is 13.4. The second-order valence-electron chi connectivity index (χ2n) is 11.8. The number of carbonyl (C=O) groups is 2. The Morgan fingerprint density at radius 3 is 2.62 bits per heavy atom. The van der Waals surface area contributed by atoms with Crippen molar-refractivity contribution in [2.24, 2.45) is 22.7 Å². The molecule has 0 aromatic heterocycles. The molecule has 2 heterocycles. The monoisotopic (exact) mass is 522 g/mol. The van der Waals surface area contributed by atoms with Crippen molar-refractivity contribution in [2.75, 3.05) is 19.8 Å². The molecule has 9 nitrogen and oxygen atoms in total. The summed E-state index contributed by atoms with van der Waals surface area (Å²) in [5.41, 5.74) is 1.79. The normalized spacial score (nSPS) is 42.1. The quantitative estimate of drug-likeness (QED) is 0.325. The van der Waals surface area contributed by atoms with E-state index in [1.807, 2.05) is 6.08 Å². The van der Waals surface area contributed by atoms with Gasteiger partial charge < -0.3 is 34.3 Å². The molecule has 3 N–H and O–H groups in total. The Hall–Kier alpha value is -1.78. The molecule has 208 valence electrons. The van der Waals surface area contributed by atoms with Gasteiger partial charge in [0.15, 0.2) is 6.29 Å².